The second kappa shape index (κ2) is 5.02. The highest BCUT2D eigenvalue weighted by molar-refractivity contribution is 5.72. The number of methoxy groups -OCH3 is 1. The van der Waals surface area contributed by atoms with Crippen LogP contribution in [0, 0.1) is 5.92 Å². The van der Waals surface area contributed by atoms with Crippen molar-refractivity contribution in [2.75, 3.05) is 25.5 Å². The van der Waals surface area contributed by atoms with Crippen molar-refractivity contribution in [2.24, 2.45) is 5.92 Å². The Kier molecular flexibility index (Phi) is 3.14. The zero-order valence-corrected chi connectivity index (χ0v) is 12.4. The number of fused-ring (bicyclic) bond motifs is 5. The molecule has 0 saturated carbocycles. The van der Waals surface area contributed by atoms with Crippen molar-refractivity contribution in [1.29, 1.82) is 0 Å². The number of para-hydroxylation sites is 1. The minimum atomic E-state index is -0.0349. The van der Waals surface area contributed by atoms with E-state index in [2.05, 4.69) is 34.5 Å². The van der Waals surface area contributed by atoms with E-state index in [1.165, 1.54) is 24.8 Å². The van der Waals surface area contributed by atoms with Crippen molar-refractivity contribution in [1.82, 2.24) is 4.90 Å². The van der Waals surface area contributed by atoms with Crippen LogP contribution in [0.4, 0.5) is 5.69 Å². The van der Waals surface area contributed by atoms with Gasteiger partial charge in [0.2, 0.25) is 0 Å². The fourth-order valence-corrected chi connectivity index (χ4v) is 4.51. The van der Waals surface area contributed by atoms with E-state index in [-0.39, 0.29) is 11.9 Å². The third-order valence-corrected chi connectivity index (χ3v) is 5.55. The van der Waals surface area contributed by atoms with Crippen LogP contribution in [0.15, 0.2) is 24.3 Å². The highest BCUT2D eigenvalue weighted by Gasteiger charge is 2.46. The van der Waals surface area contributed by atoms with Gasteiger partial charge in [-0.25, -0.2) is 0 Å². The average molecular weight is 286 g/mol. The second-order valence-corrected chi connectivity index (χ2v) is 6.50. The summed E-state index contributed by atoms with van der Waals surface area (Å²) in [5.74, 6) is 0.631. The predicted molar refractivity (Wildman–Crippen MR) is 81.3 cm³/mol. The molecular formula is C17H22N2O2. The van der Waals surface area contributed by atoms with Crippen LogP contribution in [0.5, 0.6) is 0 Å². The fraction of sp³-hybridized carbons (Fsp3) is 0.588. The standard InChI is InChI=1S/C17H22N2O2/c1-21-17(20)11-6-8-19-9-7-13-12-4-2-3-5-14(12)18-16(13)15(19)10-11/h2-5,11,13,15-16,18H,6-10H2,1H3/t11?,13?,15-,16?/m1/s1. The van der Waals surface area contributed by atoms with Crippen LogP contribution in [0.25, 0.3) is 0 Å². The molecular weight excluding hydrogens is 264 g/mol. The molecule has 0 amide bonds. The molecule has 1 aromatic carbocycles. The van der Waals surface area contributed by atoms with Crippen LogP contribution in [-0.2, 0) is 9.53 Å². The van der Waals surface area contributed by atoms with Crippen molar-refractivity contribution >= 4 is 11.7 Å². The number of hydrogen-bond donors (Lipinski definition) is 1. The summed E-state index contributed by atoms with van der Waals surface area (Å²) < 4.78 is 4.96. The van der Waals surface area contributed by atoms with E-state index < -0.39 is 0 Å². The van der Waals surface area contributed by atoms with E-state index >= 15 is 0 Å². The summed E-state index contributed by atoms with van der Waals surface area (Å²) >= 11 is 0. The lowest BCUT2D eigenvalue weighted by atomic mass is 9.77. The minimum Gasteiger partial charge on any atom is -0.469 e. The highest BCUT2D eigenvalue weighted by Crippen LogP contribution is 2.45. The number of carbonyl (C=O) groups excluding carboxylic acids is 1. The number of nitrogens with zero attached hydrogens (tertiary/aromatic N) is 1. The molecule has 3 aliphatic rings. The van der Waals surface area contributed by atoms with Gasteiger partial charge in [-0.2, -0.15) is 0 Å². The lowest BCUT2D eigenvalue weighted by molar-refractivity contribution is -0.148. The van der Waals surface area contributed by atoms with Crippen LogP contribution in [0.2, 0.25) is 0 Å². The quantitative estimate of drug-likeness (QED) is 0.804. The molecule has 4 rings (SSSR count). The molecule has 0 radical (unpaired) electrons. The maximum atomic E-state index is 11.9. The monoisotopic (exact) mass is 286 g/mol. The first kappa shape index (κ1) is 13.1. The number of anilines is 1. The van der Waals surface area contributed by atoms with Gasteiger partial charge in [-0.15, -0.1) is 0 Å². The summed E-state index contributed by atoms with van der Waals surface area (Å²) in [6.07, 6.45) is 3.08. The first-order chi connectivity index (χ1) is 10.3. The van der Waals surface area contributed by atoms with E-state index in [9.17, 15) is 4.79 Å². The Balaban J connectivity index is 1.58. The van der Waals surface area contributed by atoms with Gasteiger partial charge in [-0.1, -0.05) is 18.2 Å². The van der Waals surface area contributed by atoms with E-state index in [1.54, 1.807) is 0 Å². The lowest BCUT2D eigenvalue weighted by Gasteiger charge is -2.47. The molecule has 112 valence electrons. The zero-order valence-electron chi connectivity index (χ0n) is 12.4. The average Bonchev–Trinajstić information content (AvgIpc) is 2.92. The Morgan fingerprint density at radius 1 is 1.29 bits per heavy atom. The van der Waals surface area contributed by atoms with Crippen molar-refractivity contribution in [3.8, 4) is 0 Å². The Hall–Kier alpha value is -1.55. The van der Waals surface area contributed by atoms with Crippen LogP contribution in [0.1, 0.15) is 30.7 Å². The summed E-state index contributed by atoms with van der Waals surface area (Å²) in [6.45, 7) is 2.17. The van der Waals surface area contributed by atoms with Gasteiger partial charge < -0.3 is 10.1 Å². The predicted octanol–water partition coefficient (Wildman–Crippen LogP) is 2.22. The molecule has 3 heterocycles. The third kappa shape index (κ3) is 2.04. The van der Waals surface area contributed by atoms with E-state index in [4.69, 9.17) is 4.74 Å². The van der Waals surface area contributed by atoms with Gasteiger partial charge in [0.15, 0.2) is 0 Å². The summed E-state index contributed by atoms with van der Waals surface area (Å²) in [5.41, 5.74) is 2.75. The SMILES string of the molecule is COC(=O)C1CCN2CCC3c4ccccc4NC3[C@H]2C1. The van der Waals surface area contributed by atoms with Gasteiger partial charge in [-0.3, -0.25) is 9.69 Å². The van der Waals surface area contributed by atoms with Gasteiger partial charge in [0.05, 0.1) is 13.0 Å². The summed E-state index contributed by atoms with van der Waals surface area (Å²) in [5, 5.41) is 3.72. The first-order valence-corrected chi connectivity index (χ1v) is 7.95. The molecule has 0 bridgehead atoms. The van der Waals surface area contributed by atoms with Gasteiger partial charge in [0.25, 0.3) is 0 Å². The van der Waals surface area contributed by atoms with E-state index in [0.29, 0.717) is 18.0 Å². The Bertz CT molecular complexity index is 559. The lowest BCUT2D eigenvalue weighted by Crippen LogP contribution is -2.56. The molecule has 1 N–H and O–H groups in total. The molecule has 3 aliphatic heterocycles. The smallest absolute Gasteiger partial charge is 0.308 e. The molecule has 1 aromatic rings. The van der Waals surface area contributed by atoms with Crippen molar-refractivity contribution in [3.63, 3.8) is 0 Å². The van der Waals surface area contributed by atoms with Gasteiger partial charge in [-0.05, 0) is 44.0 Å². The van der Waals surface area contributed by atoms with Crippen LogP contribution < -0.4 is 5.32 Å². The number of benzene rings is 1. The largest absolute Gasteiger partial charge is 0.469 e. The topological polar surface area (TPSA) is 41.6 Å². The Morgan fingerprint density at radius 2 is 2.10 bits per heavy atom. The van der Waals surface area contributed by atoms with Crippen molar-refractivity contribution in [2.45, 2.75) is 37.3 Å². The minimum absolute atomic E-state index is 0.0349. The fourth-order valence-electron chi connectivity index (χ4n) is 4.51. The third-order valence-electron chi connectivity index (χ3n) is 5.55. The number of carbonyl (C=O) groups is 1. The number of hydrogen-bond acceptors (Lipinski definition) is 4. The summed E-state index contributed by atoms with van der Waals surface area (Å²) in [6, 6.07) is 9.56. The maximum absolute atomic E-state index is 11.9. The number of nitrogens with one attached hydrogen (secondary N) is 1. The van der Waals surface area contributed by atoms with E-state index in [0.717, 1.165) is 25.9 Å². The zero-order chi connectivity index (χ0) is 14.4. The molecule has 0 spiro atoms. The van der Waals surface area contributed by atoms with E-state index in [1.807, 2.05) is 0 Å². The van der Waals surface area contributed by atoms with Crippen LogP contribution in [-0.4, -0.2) is 43.2 Å². The Labute approximate surface area is 125 Å². The van der Waals surface area contributed by atoms with Gasteiger partial charge >= 0.3 is 5.97 Å². The maximum Gasteiger partial charge on any atom is 0.308 e. The number of ether oxygens (including phenoxy) is 1. The molecule has 0 aromatic heterocycles. The number of piperidine rings is 2. The van der Waals surface area contributed by atoms with Crippen molar-refractivity contribution < 1.29 is 9.53 Å². The highest BCUT2D eigenvalue weighted by atomic mass is 16.5. The molecule has 21 heavy (non-hydrogen) atoms. The number of esters is 1. The Morgan fingerprint density at radius 3 is 2.95 bits per heavy atom. The molecule has 0 aliphatic carbocycles. The molecule has 3 unspecified atom stereocenters. The normalized spacial score (nSPS) is 34.3. The summed E-state index contributed by atoms with van der Waals surface area (Å²) in [4.78, 5) is 14.5. The molecule has 2 fully saturated rings. The van der Waals surface area contributed by atoms with Gasteiger partial charge in [0.1, 0.15) is 0 Å². The number of rotatable bonds is 1. The summed E-state index contributed by atoms with van der Waals surface area (Å²) in [7, 11) is 1.50. The molecule has 2 saturated heterocycles. The molecule has 4 atom stereocenters. The van der Waals surface area contributed by atoms with Crippen LogP contribution in [0.3, 0.4) is 0 Å². The molecule has 4 heteroatoms. The first-order valence-electron chi connectivity index (χ1n) is 7.95. The van der Waals surface area contributed by atoms with Crippen LogP contribution >= 0.6 is 0 Å². The van der Waals surface area contributed by atoms with Gasteiger partial charge in [0, 0.05) is 23.7 Å². The second-order valence-electron chi connectivity index (χ2n) is 6.50. The molecule has 4 nitrogen and oxygen atoms in total. The van der Waals surface area contributed by atoms with Crippen molar-refractivity contribution in [3.05, 3.63) is 29.8 Å².